The van der Waals surface area contributed by atoms with Gasteiger partial charge in [-0.25, -0.2) is 0 Å². The van der Waals surface area contributed by atoms with Crippen LogP contribution in [0.3, 0.4) is 0 Å². The summed E-state index contributed by atoms with van der Waals surface area (Å²) in [6, 6.07) is 1.85. The van der Waals surface area contributed by atoms with Crippen molar-refractivity contribution in [3.8, 4) is 0 Å². The summed E-state index contributed by atoms with van der Waals surface area (Å²) in [7, 11) is 0. The summed E-state index contributed by atoms with van der Waals surface area (Å²) >= 11 is 0. The van der Waals surface area contributed by atoms with Crippen molar-refractivity contribution in [1.29, 1.82) is 0 Å². The Morgan fingerprint density at radius 2 is 2.19 bits per heavy atom. The summed E-state index contributed by atoms with van der Waals surface area (Å²) in [5.74, 6) is 1.42. The molecule has 1 aliphatic rings. The smallest absolute Gasteiger partial charge is 0.289 e. The first-order chi connectivity index (χ1) is 7.72. The highest BCUT2D eigenvalue weighted by atomic mass is 16.4. The Bertz CT molecular complexity index is 378. The highest BCUT2D eigenvalue weighted by Gasteiger charge is 2.21. The second-order valence-electron chi connectivity index (χ2n) is 4.11. The molecule has 0 bridgehead atoms. The van der Waals surface area contributed by atoms with Gasteiger partial charge >= 0.3 is 0 Å². The number of furan rings is 1. The molecular formula is C12H18N2O2. The fourth-order valence-electron chi connectivity index (χ4n) is 2.00. The van der Waals surface area contributed by atoms with Gasteiger partial charge in [0.1, 0.15) is 5.76 Å². The average molecular weight is 222 g/mol. The molecule has 1 saturated heterocycles. The van der Waals surface area contributed by atoms with E-state index >= 15 is 0 Å². The fraction of sp³-hybridized carbons (Fsp3) is 0.583. The number of nitrogens with one attached hydrogen (secondary N) is 1. The molecule has 4 nitrogen and oxygen atoms in total. The first kappa shape index (κ1) is 11.2. The maximum absolute atomic E-state index is 12.1. The van der Waals surface area contributed by atoms with Gasteiger partial charge in [0, 0.05) is 32.6 Å². The van der Waals surface area contributed by atoms with E-state index in [-0.39, 0.29) is 5.91 Å². The molecule has 0 aromatic carbocycles. The van der Waals surface area contributed by atoms with Crippen LogP contribution in [0, 0.1) is 6.92 Å². The van der Waals surface area contributed by atoms with E-state index in [9.17, 15) is 4.79 Å². The molecule has 1 aliphatic heterocycles. The predicted molar refractivity (Wildman–Crippen MR) is 61.6 cm³/mol. The lowest BCUT2D eigenvalue weighted by molar-refractivity contribution is 0.0702. The number of rotatable bonds is 2. The van der Waals surface area contributed by atoms with Crippen molar-refractivity contribution in [2.75, 3.05) is 26.2 Å². The topological polar surface area (TPSA) is 45.5 Å². The van der Waals surface area contributed by atoms with Crippen molar-refractivity contribution < 1.29 is 9.21 Å². The number of carbonyl (C=O) groups is 1. The predicted octanol–water partition coefficient (Wildman–Crippen LogP) is 1.20. The third-order valence-electron chi connectivity index (χ3n) is 2.96. The van der Waals surface area contributed by atoms with E-state index in [1.165, 1.54) is 0 Å². The van der Waals surface area contributed by atoms with Crippen LogP contribution < -0.4 is 5.32 Å². The van der Waals surface area contributed by atoms with Crippen LogP contribution in [0.4, 0.5) is 0 Å². The molecular weight excluding hydrogens is 204 g/mol. The number of hydrogen-bond donors (Lipinski definition) is 1. The molecule has 88 valence electrons. The third kappa shape index (κ3) is 2.11. The normalized spacial score (nSPS) is 16.5. The molecule has 16 heavy (non-hydrogen) atoms. The van der Waals surface area contributed by atoms with E-state index in [1.54, 1.807) is 0 Å². The van der Waals surface area contributed by atoms with Gasteiger partial charge in [0.15, 0.2) is 5.76 Å². The molecule has 1 N–H and O–H groups in total. The summed E-state index contributed by atoms with van der Waals surface area (Å²) in [6.07, 6.45) is 0.834. The molecule has 0 aliphatic carbocycles. The molecule has 0 saturated carbocycles. The second kappa shape index (κ2) is 4.70. The molecule has 0 spiro atoms. The lowest BCUT2D eigenvalue weighted by atomic mass is 10.2. The number of carbonyl (C=O) groups excluding carboxylic acids is 1. The SMILES string of the molecule is CCc1oc(C(=O)N2CCNCC2)cc1C. The van der Waals surface area contributed by atoms with Crippen LogP contribution in [0.15, 0.2) is 10.5 Å². The quantitative estimate of drug-likeness (QED) is 0.817. The fourth-order valence-corrected chi connectivity index (χ4v) is 2.00. The molecule has 1 amide bonds. The van der Waals surface area contributed by atoms with E-state index in [0.29, 0.717) is 5.76 Å². The van der Waals surface area contributed by atoms with Gasteiger partial charge in [-0.1, -0.05) is 6.92 Å². The summed E-state index contributed by atoms with van der Waals surface area (Å²) in [4.78, 5) is 13.9. The van der Waals surface area contributed by atoms with Gasteiger partial charge in [0.05, 0.1) is 0 Å². The van der Waals surface area contributed by atoms with Crippen LogP contribution in [0.25, 0.3) is 0 Å². The maximum atomic E-state index is 12.1. The van der Waals surface area contributed by atoms with Crippen LogP contribution in [0.5, 0.6) is 0 Å². The zero-order valence-electron chi connectivity index (χ0n) is 9.88. The Kier molecular flexibility index (Phi) is 3.29. The molecule has 1 fully saturated rings. The molecule has 0 radical (unpaired) electrons. The van der Waals surface area contributed by atoms with Crippen LogP contribution in [-0.4, -0.2) is 37.0 Å². The van der Waals surface area contributed by atoms with E-state index < -0.39 is 0 Å². The second-order valence-corrected chi connectivity index (χ2v) is 4.11. The van der Waals surface area contributed by atoms with Crippen LogP contribution in [0.1, 0.15) is 28.8 Å². The molecule has 0 atom stereocenters. The minimum absolute atomic E-state index is 0.0179. The van der Waals surface area contributed by atoms with E-state index in [1.807, 2.05) is 24.8 Å². The largest absolute Gasteiger partial charge is 0.456 e. The summed E-state index contributed by atoms with van der Waals surface area (Å²) in [5, 5.41) is 3.22. The highest BCUT2D eigenvalue weighted by Crippen LogP contribution is 2.17. The minimum Gasteiger partial charge on any atom is -0.456 e. The number of nitrogens with zero attached hydrogens (tertiary/aromatic N) is 1. The number of aryl methyl sites for hydroxylation is 2. The molecule has 0 unspecified atom stereocenters. The Balaban J connectivity index is 2.13. The van der Waals surface area contributed by atoms with Crippen molar-refractivity contribution >= 4 is 5.91 Å². The van der Waals surface area contributed by atoms with E-state index in [2.05, 4.69) is 5.32 Å². The summed E-state index contributed by atoms with van der Waals surface area (Å²) in [6.45, 7) is 7.28. The molecule has 2 rings (SSSR count). The van der Waals surface area contributed by atoms with Crippen molar-refractivity contribution in [3.05, 3.63) is 23.2 Å². The van der Waals surface area contributed by atoms with Crippen molar-refractivity contribution in [1.82, 2.24) is 10.2 Å². The zero-order valence-corrected chi connectivity index (χ0v) is 9.88. The molecule has 4 heteroatoms. The Morgan fingerprint density at radius 1 is 1.50 bits per heavy atom. The number of piperazine rings is 1. The lowest BCUT2D eigenvalue weighted by Crippen LogP contribution is -2.46. The maximum Gasteiger partial charge on any atom is 0.289 e. The number of hydrogen-bond acceptors (Lipinski definition) is 3. The Hall–Kier alpha value is -1.29. The minimum atomic E-state index is 0.0179. The first-order valence-electron chi connectivity index (χ1n) is 5.81. The van der Waals surface area contributed by atoms with E-state index in [0.717, 1.165) is 43.9 Å². The lowest BCUT2D eigenvalue weighted by Gasteiger charge is -2.26. The van der Waals surface area contributed by atoms with Crippen LogP contribution in [0.2, 0.25) is 0 Å². The van der Waals surface area contributed by atoms with Gasteiger partial charge in [0.25, 0.3) is 5.91 Å². The first-order valence-corrected chi connectivity index (χ1v) is 5.81. The van der Waals surface area contributed by atoms with E-state index in [4.69, 9.17) is 4.42 Å². The number of amides is 1. The zero-order chi connectivity index (χ0) is 11.5. The van der Waals surface area contributed by atoms with Gasteiger partial charge in [-0.2, -0.15) is 0 Å². The highest BCUT2D eigenvalue weighted by molar-refractivity contribution is 5.91. The molecule has 2 heterocycles. The van der Waals surface area contributed by atoms with Gasteiger partial charge < -0.3 is 14.6 Å². The summed E-state index contributed by atoms with van der Waals surface area (Å²) < 4.78 is 5.57. The van der Waals surface area contributed by atoms with Crippen molar-refractivity contribution in [3.63, 3.8) is 0 Å². The average Bonchev–Trinajstić information content (AvgIpc) is 2.71. The van der Waals surface area contributed by atoms with Crippen LogP contribution in [-0.2, 0) is 6.42 Å². The van der Waals surface area contributed by atoms with Gasteiger partial charge in [0.2, 0.25) is 0 Å². The van der Waals surface area contributed by atoms with Crippen molar-refractivity contribution in [2.45, 2.75) is 20.3 Å². The van der Waals surface area contributed by atoms with Crippen molar-refractivity contribution in [2.24, 2.45) is 0 Å². The summed E-state index contributed by atoms with van der Waals surface area (Å²) in [5.41, 5.74) is 1.07. The van der Waals surface area contributed by atoms with Gasteiger partial charge in [-0.15, -0.1) is 0 Å². The molecule has 1 aromatic heterocycles. The monoisotopic (exact) mass is 222 g/mol. The van der Waals surface area contributed by atoms with Gasteiger partial charge in [-0.3, -0.25) is 4.79 Å². The Morgan fingerprint density at radius 3 is 2.75 bits per heavy atom. The standard InChI is InChI=1S/C12H18N2O2/c1-3-10-9(2)8-11(16-10)12(15)14-6-4-13-5-7-14/h8,13H,3-7H2,1-2H3. The molecule has 1 aromatic rings. The van der Waals surface area contributed by atoms with Gasteiger partial charge in [-0.05, 0) is 18.6 Å². The third-order valence-corrected chi connectivity index (χ3v) is 2.96. The van der Waals surface area contributed by atoms with Crippen LogP contribution >= 0.6 is 0 Å². The Labute approximate surface area is 95.6 Å².